The van der Waals surface area contributed by atoms with Gasteiger partial charge in [-0.25, -0.2) is 0 Å². The molecule has 0 atom stereocenters. The molecular weight excluding hydrogens is 216 g/mol. The Labute approximate surface area is 95.4 Å². The van der Waals surface area contributed by atoms with Crippen LogP contribution >= 0.6 is 0 Å². The summed E-state index contributed by atoms with van der Waals surface area (Å²) in [5, 5.41) is 9.37. The van der Waals surface area contributed by atoms with Gasteiger partial charge in [0.05, 0.1) is 0 Å². The first kappa shape index (κ1) is 15.3. The lowest BCUT2D eigenvalue weighted by atomic mass is 9.83. The van der Waals surface area contributed by atoms with Crippen LogP contribution in [0.2, 0.25) is 0 Å². The van der Waals surface area contributed by atoms with E-state index in [9.17, 15) is 9.90 Å². The number of carboxylic acid groups (broad SMARTS) is 1. The number of rotatable bonds is 8. The second kappa shape index (κ2) is 6.80. The van der Waals surface area contributed by atoms with Gasteiger partial charge in [-0.1, -0.05) is 6.92 Å². The van der Waals surface area contributed by atoms with Crippen LogP contribution in [0.4, 0.5) is 0 Å². The first-order chi connectivity index (χ1) is 7.54. The number of methoxy groups -OCH3 is 4. The average molecular weight is 236 g/mol. The molecule has 0 aliphatic carbocycles. The first-order valence-corrected chi connectivity index (χ1v) is 4.89. The van der Waals surface area contributed by atoms with Gasteiger partial charge in [0.15, 0.2) is 18.0 Å². The van der Waals surface area contributed by atoms with Gasteiger partial charge in [-0.2, -0.15) is 0 Å². The van der Waals surface area contributed by atoms with Crippen molar-refractivity contribution in [2.45, 2.75) is 25.9 Å². The smallest absolute Gasteiger partial charge is 0.320 e. The van der Waals surface area contributed by atoms with Crippen molar-refractivity contribution in [3.8, 4) is 0 Å². The molecule has 0 spiro atoms. The fourth-order valence-electron chi connectivity index (χ4n) is 1.83. The summed E-state index contributed by atoms with van der Waals surface area (Å²) < 4.78 is 20.2. The molecule has 0 amide bonds. The van der Waals surface area contributed by atoms with Gasteiger partial charge in [-0.05, 0) is 6.42 Å². The maximum Gasteiger partial charge on any atom is 0.320 e. The Kier molecular flexibility index (Phi) is 6.51. The molecule has 0 aromatic rings. The second-order valence-electron chi connectivity index (χ2n) is 3.31. The zero-order chi connectivity index (χ0) is 12.8. The van der Waals surface area contributed by atoms with Crippen molar-refractivity contribution < 1.29 is 28.8 Å². The summed E-state index contributed by atoms with van der Waals surface area (Å²) in [4.78, 5) is 11.5. The van der Waals surface area contributed by atoms with Crippen LogP contribution < -0.4 is 0 Å². The van der Waals surface area contributed by atoms with E-state index in [1.54, 1.807) is 6.92 Å². The SMILES string of the molecule is CCC(C(=O)O)(C(OC)OC)C(OC)OC. The van der Waals surface area contributed by atoms with E-state index in [1.165, 1.54) is 28.4 Å². The molecule has 0 unspecified atom stereocenters. The van der Waals surface area contributed by atoms with Crippen molar-refractivity contribution in [2.75, 3.05) is 28.4 Å². The summed E-state index contributed by atoms with van der Waals surface area (Å²) in [6.45, 7) is 1.71. The van der Waals surface area contributed by atoms with Crippen molar-refractivity contribution in [3.63, 3.8) is 0 Å². The third-order valence-electron chi connectivity index (χ3n) is 2.68. The van der Waals surface area contributed by atoms with Crippen LogP contribution in [0.25, 0.3) is 0 Å². The summed E-state index contributed by atoms with van der Waals surface area (Å²) in [7, 11) is 5.52. The van der Waals surface area contributed by atoms with Gasteiger partial charge in [0.2, 0.25) is 0 Å². The molecule has 6 nitrogen and oxygen atoms in total. The van der Waals surface area contributed by atoms with E-state index >= 15 is 0 Å². The monoisotopic (exact) mass is 236 g/mol. The highest BCUT2D eigenvalue weighted by Gasteiger charge is 2.53. The Balaban J connectivity index is 5.36. The van der Waals surface area contributed by atoms with Crippen LogP contribution in [-0.2, 0) is 23.7 Å². The fraction of sp³-hybridized carbons (Fsp3) is 0.900. The third-order valence-corrected chi connectivity index (χ3v) is 2.68. The maximum atomic E-state index is 11.5. The number of hydrogen-bond acceptors (Lipinski definition) is 5. The lowest BCUT2D eigenvalue weighted by molar-refractivity contribution is -0.271. The molecule has 6 heteroatoms. The minimum atomic E-state index is -1.40. The molecule has 0 aliphatic rings. The number of ether oxygens (including phenoxy) is 4. The standard InChI is InChI=1S/C10H20O6/c1-6-10(7(11)12,8(13-2)14-3)9(15-4)16-5/h8-9H,6H2,1-5H3,(H,11,12). The molecule has 0 fully saturated rings. The Morgan fingerprint density at radius 1 is 1.06 bits per heavy atom. The topological polar surface area (TPSA) is 74.2 Å². The quantitative estimate of drug-likeness (QED) is 0.625. The number of carbonyl (C=O) groups is 1. The molecule has 0 aliphatic heterocycles. The predicted octanol–water partition coefficient (Wildman–Crippen LogP) is 0.705. The van der Waals surface area contributed by atoms with Gasteiger partial charge in [0.25, 0.3) is 0 Å². The zero-order valence-electron chi connectivity index (χ0n) is 10.4. The summed E-state index contributed by atoms with van der Waals surface area (Å²) in [6.07, 6.45) is -1.64. The van der Waals surface area contributed by atoms with Gasteiger partial charge in [-0.3, -0.25) is 4.79 Å². The van der Waals surface area contributed by atoms with Crippen molar-refractivity contribution in [3.05, 3.63) is 0 Å². The first-order valence-electron chi connectivity index (χ1n) is 4.89. The molecule has 96 valence electrons. The second-order valence-corrected chi connectivity index (χ2v) is 3.31. The van der Waals surface area contributed by atoms with Gasteiger partial charge in [0.1, 0.15) is 0 Å². The van der Waals surface area contributed by atoms with Crippen LogP contribution in [0.15, 0.2) is 0 Å². The highest BCUT2D eigenvalue weighted by molar-refractivity contribution is 5.75. The summed E-state index contributed by atoms with van der Waals surface area (Å²) >= 11 is 0. The Morgan fingerprint density at radius 2 is 1.38 bits per heavy atom. The Hall–Kier alpha value is -0.690. The molecule has 0 aromatic heterocycles. The van der Waals surface area contributed by atoms with Gasteiger partial charge >= 0.3 is 5.97 Å². The highest BCUT2D eigenvalue weighted by atomic mass is 16.7. The fourth-order valence-corrected chi connectivity index (χ4v) is 1.83. The molecule has 0 radical (unpaired) electrons. The maximum absolute atomic E-state index is 11.5. The van der Waals surface area contributed by atoms with E-state index in [4.69, 9.17) is 18.9 Å². The van der Waals surface area contributed by atoms with Crippen molar-refractivity contribution in [1.29, 1.82) is 0 Å². The summed E-state index contributed by atoms with van der Waals surface area (Å²) in [5.74, 6) is -1.09. The average Bonchev–Trinajstić information content (AvgIpc) is 2.29. The van der Waals surface area contributed by atoms with E-state index in [-0.39, 0.29) is 6.42 Å². The van der Waals surface area contributed by atoms with Crippen molar-refractivity contribution in [2.24, 2.45) is 5.41 Å². The summed E-state index contributed by atoms with van der Waals surface area (Å²) in [5.41, 5.74) is -1.40. The Bertz CT molecular complexity index is 197. The molecule has 0 rings (SSSR count). The van der Waals surface area contributed by atoms with E-state index in [1.807, 2.05) is 0 Å². The van der Waals surface area contributed by atoms with E-state index in [0.29, 0.717) is 0 Å². The third kappa shape index (κ3) is 2.52. The molecule has 16 heavy (non-hydrogen) atoms. The normalized spacial score (nSPS) is 12.4. The Morgan fingerprint density at radius 3 is 1.50 bits per heavy atom. The minimum absolute atomic E-state index is 0.251. The minimum Gasteiger partial charge on any atom is -0.481 e. The molecule has 0 heterocycles. The van der Waals surface area contributed by atoms with Crippen LogP contribution in [0.1, 0.15) is 13.3 Å². The molecule has 0 saturated heterocycles. The van der Waals surface area contributed by atoms with Gasteiger partial charge < -0.3 is 24.1 Å². The van der Waals surface area contributed by atoms with Crippen molar-refractivity contribution in [1.82, 2.24) is 0 Å². The van der Waals surface area contributed by atoms with Gasteiger partial charge in [0, 0.05) is 28.4 Å². The van der Waals surface area contributed by atoms with Crippen LogP contribution in [0, 0.1) is 5.41 Å². The van der Waals surface area contributed by atoms with Crippen LogP contribution in [0.5, 0.6) is 0 Å². The summed E-state index contributed by atoms with van der Waals surface area (Å²) in [6, 6.07) is 0. The van der Waals surface area contributed by atoms with E-state index < -0.39 is 24.0 Å². The van der Waals surface area contributed by atoms with E-state index in [0.717, 1.165) is 0 Å². The number of hydrogen-bond donors (Lipinski definition) is 1. The number of aliphatic carboxylic acids is 1. The zero-order valence-corrected chi connectivity index (χ0v) is 10.4. The van der Waals surface area contributed by atoms with E-state index in [2.05, 4.69) is 0 Å². The molecular formula is C10H20O6. The molecule has 0 aromatic carbocycles. The molecule has 0 saturated carbocycles. The molecule has 0 bridgehead atoms. The molecule has 1 N–H and O–H groups in total. The number of carboxylic acids is 1. The predicted molar refractivity (Wildman–Crippen MR) is 56.0 cm³/mol. The van der Waals surface area contributed by atoms with Gasteiger partial charge in [-0.15, -0.1) is 0 Å². The van der Waals surface area contributed by atoms with Crippen LogP contribution in [0.3, 0.4) is 0 Å². The highest BCUT2D eigenvalue weighted by Crippen LogP contribution is 2.35. The van der Waals surface area contributed by atoms with Crippen LogP contribution in [-0.4, -0.2) is 52.1 Å². The lowest BCUT2D eigenvalue weighted by Crippen LogP contribution is -2.54. The van der Waals surface area contributed by atoms with Crippen molar-refractivity contribution >= 4 is 5.97 Å². The largest absolute Gasteiger partial charge is 0.481 e. The lowest BCUT2D eigenvalue weighted by Gasteiger charge is -2.38.